The third-order valence-corrected chi connectivity index (χ3v) is 2.47. The van der Waals surface area contributed by atoms with E-state index in [0.29, 0.717) is 0 Å². The van der Waals surface area contributed by atoms with Gasteiger partial charge in [0.05, 0.1) is 5.56 Å². The number of rotatable bonds is 4. The Balaban J connectivity index is 2.35. The number of alkyl halides is 3. The zero-order chi connectivity index (χ0) is 15.5. The van der Waals surface area contributed by atoms with Crippen LogP contribution in [0.25, 0.3) is 0 Å². The molecule has 0 radical (unpaired) electrons. The van der Waals surface area contributed by atoms with Crippen molar-refractivity contribution in [3.8, 4) is 17.2 Å². The van der Waals surface area contributed by atoms with E-state index in [4.69, 9.17) is 15.9 Å². The van der Waals surface area contributed by atoms with Crippen molar-refractivity contribution in [2.75, 3.05) is 0 Å². The standard InChI is InChI=1S/C14H11F3N2O2/c15-14(16,17)21-12-8-4-3-7-11(12)20-10-6-2-1-5-9(10)13(18)19/h1-8H,(H3,18,19). The van der Waals surface area contributed by atoms with Crippen molar-refractivity contribution in [2.45, 2.75) is 6.36 Å². The van der Waals surface area contributed by atoms with Crippen LogP contribution in [0.5, 0.6) is 17.2 Å². The van der Waals surface area contributed by atoms with Crippen LogP contribution in [0.2, 0.25) is 0 Å². The third-order valence-electron chi connectivity index (χ3n) is 2.47. The first-order valence-corrected chi connectivity index (χ1v) is 5.83. The number of amidine groups is 1. The molecule has 0 bridgehead atoms. The molecule has 4 nitrogen and oxygen atoms in total. The van der Waals surface area contributed by atoms with Crippen molar-refractivity contribution in [2.24, 2.45) is 5.73 Å². The van der Waals surface area contributed by atoms with Gasteiger partial charge in [-0.3, -0.25) is 5.41 Å². The molecular formula is C14H11F3N2O2. The van der Waals surface area contributed by atoms with E-state index < -0.39 is 12.1 Å². The maximum atomic E-state index is 12.3. The van der Waals surface area contributed by atoms with Crippen LogP contribution in [0.15, 0.2) is 48.5 Å². The molecule has 0 saturated carbocycles. The van der Waals surface area contributed by atoms with Gasteiger partial charge in [0, 0.05) is 0 Å². The molecule has 0 unspecified atom stereocenters. The molecular weight excluding hydrogens is 285 g/mol. The summed E-state index contributed by atoms with van der Waals surface area (Å²) in [4.78, 5) is 0. The first kappa shape index (κ1) is 14.7. The molecule has 2 aromatic rings. The molecule has 2 rings (SSSR count). The van der Waals surface area contributed by atoms with E-state index in [0.717, 1.165) is 6.07 Å². The van der Waals surface area contributed by atoms with Gasteiger partial charge in [-0.2, -0.15) is 0 Å². The number of nitrogens with one attached hydrogen (secondary N) is 1. The zero-order valence-electron chi connectivity index (χ0n) is 10.6. The van der Waals surface area contributed by atoms with E-state index in [9.17, 15) is 13.2 Å². The lowest BCUT2D eigenvalue weighted by Crippen LogP contribution is -2.17. The van der Waals surface area contributed by atoms with Crippen LogP contribution in [0.3, 0.4) is 0 Å². The monoisotopic (exact) mass is 296 g/mol. The maximum Gasteiger partial charge on any atom is 0.573 e. The highest BCUT2D eigenvalue weighted by Crippen LogP contribution is 2.35. The molecule has 0 atom stereocenters. The van der Waals surface area contributed by atoms with Crippen LogP contribution in [0.4, 0.5) is 13.2 Å². The molecule has 0 fully saturated rings. The molecule has 0 saturated heterocycles. The Hall–Kier alpha value is -2.70. The van der Waals surface area contributed by atoms with E-state index in [1.54, 1.807) is 12.1 Å². The van der Waals surface area contributed by atoms with E-state index in [1.165, 1.54) is 30.3 Å². The molecule has 21 heavy (non-hydrogen) atoms. The highest BCUT2D eigenvalue weighted by molar-refractivity contribution is 5.97. The van der Waals surface area contributed by atoms with Gasteiger partial charge in [-0.15, -0.1) is 13.2 Å². The Labute approximate surface area is 118 Å². The number of para-hydroxylation sites is 3. The molecule has 0 aliphatic carbocycles. The van der Waals surface area contributed by atoms with Crippen molar-refractivity contribution in [1.29, 1.82) is 5.41 Å². The second kappa shape index (κ2) is 5.74. The van der Waals surface area contributed by atoms with Crippen LogP contribution in [0.1, 0.15) is 5.56 Å². The normalized spacial score (nSPS) is 11.0. The number of halogens is 3. The molecule has 0 aliphatic rings. The lowest BCUT2D eigenvalue weighted by atomic mass is 10.2. The van der Waals surface area contributed by atoms with E-state index in [2.05, 4.69) is 4.74 Å². The summed E-state index contributed by atoms with van der Waals surface area (Å²) in [7, 11) is 0. The van der Waals surface area contributed by atoms with Gasteiger partial charge in [0.25, 0.3) is 0 Å². The van der Waals surface area contributed by atoms with Gasteiger partial charge in [0.15, 0.2) is 11.5 Å². The Bertz CT molecular complexity index is 657. The van der Waals surface area contributed by atoms with Crippen molar-refractivity contribution in [1.82, 2.24) is 0 Å². The first-order valence-electron chi connectivity index (χ1n) is 5.83. The van der Waals surface area contributed by atoms with Crippen molar-refractivity contribution in [3.63, 3.8) is 0 Å². The topological polar surface area (TPSA) is 68.3 Å². The fraction of sp³-hybridized carbons (Fsp3) is 0.0714. The minimum absolute atomic E-state index is 0.122. The van der Waals surface area contributed by atoms with E-state index in [1.807, 2.05) is 0 Å². The molecule has 0 aromatic heterocycles. The first-order chi connectivity index (χ1) is 9.87. The number of hydrogen-bond acceptors (Lipinski definition) is 3. The number of benzene rings is 2. The summed E-state index contributed by atoms with van der Waals surface area (Å²) in [5.41, 5.74) is 5.68. The van der Waals surface area contributed by atoms with Crippen molar-refractivity contribution < 1.29 is 22.6 Å². The Morgan fingerprint density at radius 3 is 2.00 bits per heavy atom. The summed E-state index contributed by atoms with van der Waals surface area (Å²) >= 11 is 0. The maximum absolute atomic E-state index is 12.3. The summed E-state index contributed by atoms with van der Waals surface area (Å²) in [6.07, 6.45) is -4.82. The van der Waals surface area contributed by atoms with Gasteiger partial charge in [-0.25, -0.2) is 0 Å². The Kier molecular flexibility index (Phi) is 4.02. The van der Waals surface area contributed by atoms with Gasteiger partial charge in [0.2, 0.25) is 0 Å². The lowest BCUT2D eigenvalue weighted by molar-refractivity contribution is -0.275. The Morgan fingerprint density at radius 2 is 1.43 bits per heavy atom. The fourth-order valence-corrected chi connectivity index (χ4v) is 1.64. The second-order valence-corrected chi connectivity index (χ2v) is 4.01. The molecule has 110 valence electrons. The van der Waals surface area contributed by atoms with Crippen molar-refractivity contribution in [3.05, 3.63) is 54.1 Å². The van der Waals surface area contributed by atoms with Crippen molar-refractivity contribution >= 4 is 5.84 Å². The van der Waals surface area contributed by atoms with Crippen LogP contribution in [-0.2, 0) is 0 Å². The average molecular weight is 296 g/mol. The predicted molar refractivity (Wildman–Crippen MR) is 70.7 cm³/mol. The summed E-state index contributed by atoms with van der Waals surface area (Å²) in [6.45, 7) is 0. The molecule has 3 N–H and O–H groups in total. The minimum Gasteiger partial charge on any atom is -0.453 e. The largest absolute Gasteiger partial charge is 0.573 e. The summed E-state index contributed by atoms with van der Waals surface area (Å²) in [5, 5.41) is 7.43. The van der Waals surface area contributed by atoms with Crippen LogP contribution in [0, 0.1) is 5.41 Å². The molecule has 0 spiro atoms. The summed E-state index contributed by atoms with van der Waals surface area (Å²) < 4.78 is 46.3. The third kappa shape index (κ3) is 3.88. The number of nitrogens with two attached hydrogens (primary N) is 1. The predicted octanol–water partition coefficient (Wildman–Crippen LogP) is 3.66. The lowest BCUT2D eigenvalue weighted by Gasteiger charge is -2.15. The molecule has 0 aliphatic heterocycles. The molecule has 0 heterocycles. The average Bonchev–Trinajstić information content (AvgIpc) is 2.40. The van der Waals surface area contributed by atoms with Gasteiger partial charge in [0.1, 0.15) is 11.6 Å². The Morgan fingerprint density at radius 1 is 0.905 bits per heavy atom. The van der Waals surface area contributed by atoms with E-state index in [-0.39, 0.29) is 22.9 Å². The van der Waals surface area contributed by atoms with E-state index >= 15 is 0 Å². The van der Waals surface area contributed by atoms with Crippen LogP contribution >= 0.6 is 0 Å². The minimum atomic E-state index is -4.82. The molecule has 7 heteroatoms. The van der Waals surface area contributed by atoms with Gasteiger partial charge in [-0.1, -0.05) is 24.3 Å². The highest BCUT2D eigenvalue weighted by atomic mass is 19.4. The fourth-order valence-electron chi connectivity index (χ4n) is 1.64. The smallest absolute Gasteiger partial charge is 0.453 e. The van der Waals surface area contributed by atoms with Crippen LogP contribution in [-0.4, -0.2) is 12.2 Å². The SMILES string of the molecule is N=C(N)c1ccccc1Oc1ccccc1OC(F)(F)F. The summed E-state index contributed by atoms with van der Waals surface area (Å²) in [5.74, 6) is -0.671. The molecule has 2 aromatic carbocycles. The zero-order valence-corrected chi connectivity index (χ0v) is 10.6. The number of ether oxygens (including phenoxy) is 2. The van der Waals surface area contributed by atoms with Gasteiger partial charge < -0.3 is 15.2 Å². The molecule has 0 amide bonds. The summed E-state index contributed by atoms with van der Waals surface area (Å²) in [6, 6.07) is 11.7. The van der Waals surface area contributed by atoms with Gasteiger partial charge in [-0.05, 0) is 24.3 Å². The van der Waals surface area contributed by atoms with Crippen LogP contribution < -0.4 is 15.2 Å². The number of hydrogen-bond donors (Lipinski definition) is 2. The quantitative estimate of drug-likeness (QED) is 0.668. The van der Waals surface area contributed by atoms with Gasteiger partial charge >= 0.3 is 6.36 Å². The second-order valence-electron chi connectivity index (χ2n) is 4.01. The highest BCUT2D eigenvalue weighted by Gasteiger charge is 2.32. The number of nitrogen functional groups attached to an aromatic ring is 1.